The first kappa shape index (κ1) is 12.9. The molecule has 0 radical (unpaired) electrons. The van der Waals surface area contributed by atoms with Gasteiger partial charge >= 0.3 is 0 Å². The Morgan fingerprint density at radius 2 is 2.14 bits per heavy atom. The van der Waals surface area contributed by atoms with Crippen molar-refractivity contribution in [3.63, 3.8) is 0 Å². The Hall–Kier alpha value is -1.81. The fraction of sp³-hybridized carbons (Fsp3) is 0.471. The second kappa shape index (κ2) is 5.19. The number of benzene rings is 1. The number of aromatic amines is 1. The van der Waals surface area contributed by atoms with Crippen LogP contribution in [0.25, 0.3) is 10.9 Å². The van der Waals surface area contributed by atoms with Crippen LogP contribution in [0.5, 0.6) is 0 Å². The highest BCUT2D eigenvalue weighted by molar-refractivity contribution is 6.05. The average molecular weight is 283 g/mol. The van der Waals surface area contributed by atoms with E-state index in [1.165, 1.54) is 12.8 Å². The molecule has 2 atom stereocenters. The number of nitrogens with one attached hydrogen (secondary N) is 2. The van der Waals surface area contributed by atoms with Gasteiger partial charge in [0, 0.05) is 30.2 Å². The minimum atomic E-state index is 0.180. The van der Waals surface area contributed by atoms with E-state index in [1.54, 1.807) is 0 Å². The summed E-state index contributed by atoms with van der Waals surface area (Å²) in [5, 5.41) is 4.67. The number of amides is 1. The maximum absolute atomic E-state index is 13.0. The molecule has 0 bridgehead atoms. The molecule has 0 saturated carbocycles. The highest BCUT2D eigenvalue weighted by Gasteiger charge is 2.36. The van der Waals surface area contributed by atoms with Gasteiger partial charge in [0.1, 0.15) is 0 Å². The van der Waals surface area contributed by atoms with E-state index in [0.29, 0.717) is 12.1 Å². The molecule has 2 N–H and O–H groups in total. The summed E-state index contributed by atoms with van der Waals surface area (Å²) in [6.07, 6.45) is 6.58. The molecule has 0 spiro atoms. The third-order valence-electron chi connectivity index (χ3n) is 4.94. The van der Waals surface area contributed by atoms with Crippen molar-refractivity contribution in [2.75, 3.05) is 13.1 Å². The Morgan fingerprint density at radius 3 is 3.00 bits per heavy atom. The van der Waals surface area contributed by atoms with Gasteiger partial charge in [-0.2, -0.15) is 0 Å². The monoisotopic (exact) mass is 283 g/mol. The molecular weight excluding hydrogens is 262 g/mol. The summed E-state index contributed by atoms with van der Waals surface area (Å²) in [5.74, 6) is 0.180. The number of nitrogens with zero attached hydrogens (tertiary/aromatic N) is 1. The van der Waals surface area contributed by atoms with Gasteiger partial charge in [-0.05, 0) is 44.4 Å². The van der Waals surface area contributed by atoms with Crippen LogP contribution in [0.4, 0.5) is 0 Å². The number of rotatable bonds is 2. The van der Waals surface area contributed by atoms with Crippen molar-refractivity contribution in [2.24, 2.45) is 0 Å². The lowest BCUT2D eigenvalue weighted by molar-refractivity contribution is 0.0713. The summed E-state index contributed by atoms with van der Waals surface area (Å²) in [6.45, 7) is 1.98. The standard InChI is InChI=1S/C17H21N3O/c21-17(13-5-1-4-12-8-10-19-16(12)13)20-11-3-7-15(20)14-6-2-9-18-14/h1,4-5,8,10,14-15,18-19H,2-3,6-7,9,11H2. The second-order valence-corrected chi connectivity index (χ2v) is 6.16. The second-order valence-electron chi connectivity index (χ2n) is 6.16. The number of carbonyl (C=O) groups excluding carboxylic acids is 1. The molecule has 4 rings (SSSR count). The molecule has 1 aromatic carbocycles. The van der Waals surface area contributed by atoms with Crippen LogP contribution in [0, 0.1) is 0 Å². The first-order valence-corrected chi connectivity index (χ1v) is 7.95. The van der Waals surface area contributed by atoms with Crippen molar-refractivity contribution in [2.45, 2.75) is 37.8 Å². The minimum absolute atomic E-state index is 0.180. The quantitative estimate of drug-likeness (QED) is 0.889. The third kappa shape index (κ3) is 2.14. The van der Waals surface area contributed by atoms with Gasteiger partial charge in [0.15, 0.2) is 0 Å². The van der Waals surface area contributed by atoms with Crippen LogP contribution < -0.4 is 5.32 Å². The normalized spacial score (nSPS) is 25.8. The molecule has 110 valence electrons. The van der Waals surface area contributed by atoms with Crippen molar-refractivity contribution in [1.82, 2.24) is 15.2 Å². The number of aromatic nitrogens is 1. The van der Waals surface area contributed by atoms with Gasteiger partial charge in [-0.3, -0.25) is 4.79 Å². The van der Waals surface area contributed by atoms with Crippen molar-refractivity contribution < 1.29 is 4.79 Å². The molecule has 21 heavy (non-hydrogen) atoms. The van der Waals surface area contributed by atoms with E-state index in [4.69, 9.17) is 0 Å². The molecule has 1 aromatic heterocycles. The Kier molecular flexibility index (Phi) is 3.19. The Balaban J connectivity index is 1.65. The zero-order valence-electron chi connectivity index (χ0n) is 12.1. The van der Waals surface area contributed by atoms with E-state index >= 15 is 0 Å². The maximum Gasteiger partial charge on any atom is 0.256 e. The molecule has 2 unspecified atom stereocenters. The van der Waals surface area contributed by atoms with Gasteiger partial charge in [-0.25, -0.2) is 0 Å². The van der Waals surface area contributed by atoms with Gasteiger partial charge < -0.3 is 15.2 Å². The fourth-order valence-corrected chi connectivity index (χ4v) is 3.92. The number of hydrogen-bond donors (Lipinski definition) is 2. The Bertz CT molecular complexity index is 657. The topological polar surface area (TPSA) is 48.1 Å². The first-order chi connectivity index (χ1) is 10.3. The van der Waals surface area contributed by atoms with Crippen molar-refractivity contribution in [3.05, 3.63) is 36.0 Å². The Morgan fingerprint density at radius 1 is 1.19 bits per heavy atom. The van der Waals surface area contributed by atoms with E-state index in [2.05, 4.69) is 15.2 Å². The summed E-state index contributed by atoms with van der Waals surface area (Å²) in [7, 11) is 0. The van der Waals surface area contributed by atoms with Crippen molar-refractivity contribution in [3.8, 4) is 0 Å². The van der Waals surface area contributed by atoms with Crippen LogP contribution in [-0.4, -0.2) is 41.0 Å². The van der Waals surface area contributed by atoms with Crippen molar-refractivity contribution >= 4 is 16.8 Å². The average Bonchev–Trinajstić information content (AvgIpc) is 3.23. The van der Waals surface area contributed by atoms with Crippen LogP contribution in [0.15, 0.2) is 30.5 Å². The fourth-order valence-electron chi connectivity index (χ4n) is 3.92. The molecule has 3 heterocycles. The molecule has 1 amide bonds. The molecule has 2 aliphatic rings. The Labute approximate surface area is 124 Å². The van der Waals surface area contributed by atoms with E-state index < -0.39 is 0 Å². The van der Waals surface area contributed by atoms with Crippen LogP contribution in [0.2, 0.25) is 0 Å². The molecule has 2 fully saturated rings. The highest BCUT2D eigenvalue weighted by Crippen LogP contribution is 2.28. The SMILES string of the molecule is O=C(c1cccc2cc[nH]c12)N1CCCC1C1CCCN1. The number of carbonyl (C=O) groups is 1. The largest absolute Gasteiger partial charge is 0.361 e. The lowest BCUT2D eigenvalue weighted by Gasteiger charge is -2.29. The van der Waals surface area contributed by atoms with Gasteiger partial charge in [-0.15, -0.1) is 0 Å². The first-order valence-electron chi connectivity index (χ1n) is 7.95. The smallest absolute Gasteiger partial charge is 0.256 e. The van der Waals surface area contributed by atoms with Gasteiger partial charge in [-0.1, -0.05) is 12.1 Å². The van der Waals surface area contributed by atoms with E-state index in [1.807, 2.05) is 30.5 Å². The molecule has 2 aromatic rings. The molecule has 0 aliphatic carbocycles. The summed E-state index contributed by atoms with van der Waals surface area (Å²) in [4.78, 5) is 18.3. The molecule has 4 heteroatoms. The van der Waals surface area contributed by atoms with Gasteiger partial charge in [0.25, 0.3) is 5.91 Å². The minimum Gasteiger partial charge on any atom is -0.361 e. The van der Waals surface area contributed by atoms with Crippen LogP contribution >= 0.6 is 0 Å². The maximum atomic E-state index is 13.0. The molecule has 2 saturated heterocycles. The molecular formula is C17H21N3O. The summed E-state index contributed by atoms with van der Waals surface area (Å²) in [5.41, 5.74) is 1.77. The zero-order chi connectivity index (χ0) is 14.2. The summed E-state index contributed by atoms with van der Waals surface area (Å²) in [6, 6.07) is 8.83. The third-order valence-corrected chi connectivity index (χ3v) is 4.94. The summed E-state index contributed by atoms with van der Waals surface area (Å²) < 4.78 is 0. The molecule has 4 nitrogen and oxygen atoms in total. The summed E-state index contributed by atoms with van der Waals surface area (Å²) >= 11 is 0. The van der Waals surface area contributed by atoms with Crippen molar-refractivity contribution in [1.29, 1.82) is 0 Å². The number of H-pyrrole nitrogens is 1. The predicted molar refractivity (Wildman–Crippen MR) is 83.4 cm³/mol. The zero-order valence-corrected chi connectivity index (χ0v) is 12.1. The van der Waals surface area contributed by atoms with Crippen LogP contribution in [0.1, 0.15) is 36.0 Å². The lowest BCUT2D eigenvalue weighted by atomic mass is 10.0. The van der Waals surface area contributed by atoms with Crippen LogP contribution in [-0.2, 0) is 0 Å². The van der Waals surface area contributed by atoms with Crippen LogP contribution in [0.3, 0.4) is 0 Å². The number of fused-ring (bicyclic) bond motifs is 1. The number of likely N-dealkylation sites (tertiary alicyclic amines) is 1. The van der Waals surface area contributed by atoms with E-state index in [-0.39, 0.29) is 5.91 Å². The van der Waals surface area contributed by atoms with E-state index in [9.17, 15) is 4.79 Å². The van der Waals surface area contributed by atoms with E-state index in [0.717, 1.165) is 42.4 Å². The predicted octanol–water partition coefficient (Wildman–Crippen LogP) is 2.52. The number of para-hydroxylation sites is 1. The van der Waals surface area contributed by atoms with Gasteiger partial charge in [0.2, 0.25) is 0 Å². The van der Waals surface area contributed by atoms with Gasteiger partial charge in [0.05, 0.1) is 11.1 Å². The molecule has 2 aliphatic heterocycles. The highest BCUT2D eigenvalue weighted by atomic mass is 16.2. The number of hydrogen-bond acceptors (Lipinski definition) is 2. The lowest BCUT2D eigenvalue weighted by Crippen LogP contribution is -2.46.